The average molecular weight is 404 g/mol. The highest BCUT2D eigenvalue weighted by atomic mass is 127. The molecule has 1 amide bonds. The second kappa shape index (κ2) is 9.78. The van der Waals surface area contributed by atoms with Gasteiger partial charge in [0.1, 0.15) is 23.0 Å². The standard InChI is InChI=1S/C11H21IN2O4S/c1-6(7(2)19)3-8(18-12)4-11(16)17-10(14)5-9(13)15/h6-8,10,19H,3-5,14H2,1-2H3,(H2,13,15)/t6?,7-,8?,10?/m0/s1. The van der Waals surface area contributed by atoms with Gasteiger partial charge >= 0.3 is 5.97 Å². The smallest absolute Gasteiger partial charge is 0.310 e. The lowest BCUT2D eigenvalue weighted by molar-refractivity contribution is -0.151. The first-order chi connectivity index (χ1) is 8.76. The van der Waals surface area contributed by atoms with E-state index in [2.05, 4.69) is 12.6 Å². The number of primary amides is 1. The van der Waals surface area contributed by atoms with E-state index in [1.807, 2.05) is 13.8 Å². The van der Waals surface area contributed by atoms with Crippen LogP contribution in [0.15, 0.2) is 0 Å². The topological polar surface area (TPSA) is 105 Å². The highest BCUT2D eigenvalue weighted by Gasteiger charge is 2.21. The second-order valence-corrected chi connectivity index (χ2v) is 5.89. The summed E-state index contributed by atoms with van der Waals surface area (Å²) in [5, 5.41) is 0.210. The molecule has 0 saturated carbocycles. The number of carbonyl (C=O) groups is 2. The van der Waals surface area contributed by atoms with E-state index >= 15 is 0 Å². The number of halogens is 1. The summed E-state index contributed by atoms with van der Waals surface area (Å²) in [4.78, 5) is 22.2. The van der Waals surface area contributed by atoms with Gasteiger partial charge in [-0.05, 0) is 12.3 Å². The van der Waals surface area contributed by atoms with Crippen molar-refractivity contribution in [3.63, 3.8) is 0 Å². The zero-order chi connectivity index (χ0) is 15.0. The maximum atomic E-state index is 11.6. The van der Waals surface area contributed by atoms with Crippen LogP contribution in [0.2, 0.25) is 0 Å². The summed E-state index contributed by atoms with van der Waals surface area (Å²) in [7, 11) is 0. The van der Waals surface area contributed by atoms with Crippen molar-refractivity contribution in [2.45, 2.75) is 50.7 Å². The third-order valence-corrected chi connectivity index (χ3v) is 3.89. The van der Waals surface area contributed by atoms with E-state index < -0.39 is 18.1 Å². The van der Waals surface area contributed by atoms with Crippen molar-refractivity contribution in [1.29, 1.82) is 0 Å². The van der Waals surface area contributed by atoms with E-state index in [4.69, 9.17) is 19.3 Å². The lowest BCUT2D eigenvalue weighted by atomic mass is 9.99. The first kappa shape index (κ1) is 18.9. The molecule has 4 atom stereocenters. The van der Waals surface area contributed by atoms with Crippen molar-refractivity contribution in [2.24, 2.45) is 17.4 Å². The Morgan fingerprint density at radius 1 is 1.32 bits per heavy atom. The molecule has 19 heavy (non-hydrogen) atoms. The van der Waals surface area contributed by atoms with Gasteiger partial charge in [-0.3, -0.25) is 15.3 Å². The van der Waals surface area contributed by atoms with Crippen molar-refractivity contribution in [2.75, 3.05) is 0 Å². The number of carbonyl (C=O) groups excluding carboxylic acids is 2. The predicted molar refractivity (Wildman–Crippen MR) is 83.6 cm³/mol. The highest BCUT2D eigenvalue weighted by molar-refractivity contribution is 14.1. The van der Waals surface area contributed by atoms with Crippen molar-refractivity contribution in [1.82, 2.24) is 0 Å². The Hall–Kier alpha value is -0.0600. The molecule has 0 saturated heterocycles. The number of nitrogens with two attached hydrogens (primary N) is 2. The molecule has 0 bridgehead atoms. The molecule has 0 radical (unpaired) electrons. The van der Waals surface area contributed by atoms with Gasteiger partial charge in [0, 0.05) is 5.25 Å². The van der Waals surface area contributed by atoms with Crippen LogP contribution in [0.1, 0.15) is 33.1 Å². The maximum absolute atomic E-state index is 11.6. The number of thiol groups is 1. The van der Waals surface area contributed by atoms with Gasteiger partial charge < -0.3 is 13.5 Å². The zero-order valence-electron chi connectivity index (χ0n) is 11.0. The minimum atomic E-state index is -0.999. The van der Waals surface area contributed by atoms with Gasteiger partial charge in [-0.15, -0.1) is 0 Å². The summed E-state index contributed by atoms with van der Waals surface area (Å²) < 4.78 is 10.1. The fourth-order valence-corrected chi connectivity index (χ4v) is 1.91. The Balaban J connectivity index is 4.16. The third kappa shape index (κ3) is 9.47. The van der Waals surface area contributed by atoms with Crippen molar-refractivity contribution in [3.05, 3.63) is 0 Å². The molecular weight excluding hydrogens is 383 g/mol. The van der Waals surface area contributed by atoms with Crippen LogP contribution in [0.4, 0.5) is 0 Å². The molecule has 0 spiro atoms. The molecule has 8 heteroatoms. The van der Waals surface area contributed by atoms with Crippen LogP contribution in [-0.4, -0.2) is 29.5 Å². The van der Waals surface area contributed by atoms with Crippen molar-refractivity contribution in [3.8, 4) is 0 Å². The molecular formula is C11H21IN2O4S. The molecule has 0 aliphatic rings. The number of ether oxygens (including phenoxy) is 1. The van der Waals surface area contributed by atoms with Gasteiger partial charge in [0.2, 0.25) is 5.91 Å². The fourth-order valence-electron chi connectivity index (χ4n) is 1.41. The summed E-state index contributed by atoms with van der Waals surface area (Å²) in [6.07, 6.45) is -0.681. The van der Waals surface area contributed by atoms with E-state index in [-0.39, 0.29) is 24.2 Å². The number of hydrogen-bond acceptors (Lipinski definition) is 6. The number of hydrogen-bond donors (Lipinski definition) is 3. The van der Waals surface area contributed by atoms with Crippen LogP contribution in [0.25, 0.3) is 0 Å². The van der Waals surface area contributed by atoms with Crippen molar-refractivity contribution >= 4 is 47.5 Å². The molecule has 0 rings (SSSR count). The summed E-state index contributed by atoms with van der Waals surface area (Å²) in [5.74, 6) is -0.816. The third-order valence-electron chi connectivity index (χ3n) is 2.66. The lowest BCUT2D eigenvalue weighted by Crippen LogP contribution is -2.33. The summed E-state index contributed by atoms with van der Waals surface area (Å²) in [5.41, 5.74) is 10.4. The maximum Gasteiger partial charge on any atom is 0.310 e. The molecule has 0 aliphatic heterocycles. The Morgan fingerprint density at radius 3 is 2.32 bits per heavy atom. The Kier molecular flexibility index (Phi) is 9.75. The highest BCUT2D eigenvalue weighted by Crippen LogP contribution is 2.20. The molecule has 0 aromatic carbocycles. The van der Waals surface area contributed by atoms with E-state index in [1.165, 1.54) is 0 Å². The second-order valence-electron chi connectivity index (χ2n) is 4.57. The molecule has 6 nitrogen and oxygen atoms in total. The Morgan fingerprint density at radius 2 is 1.89 bits per heavy atom. The van der Waals surface area contributed by atoms with Gasteiger partial charge in [-0.1, -0.05) is 13.8 Å². The number of esters is 1. The van der Waals surface area contributed by atoms with E-state index in [9.17, 15) is 9.59 Å². The predicted octanol–water partition coefficient (Wildman–Crippen LogP) is 1.16. The number of rotatable bonds is 9. The summed E-state index contributed by atoms with van der Waals surface area (Å²) in [6, 6.07) is 0. The van der Waals surface area contributed by atoms with Crippen LogP contribution in [0.5, 0.6) is 0 Å². The average Bonchev–Trinajstić information content (AvgIpc) is 2.26. The molecule has 0 aromatic rings. The van der Waals surface area contributed by atoms with Crippen LogP contribution < -0.4 is 11.5 Å². The normalized spacial score (nSPS) is 17.3. The lowest BCUT2D eigenvalue weighted by Gasteiger charge is -2.21. The minimum Gasteiger partial charge on any atom is -0.446 e. The summed E-state index contributed by atoms with van der Waals surface area (Å²) >= 11 is 6.10. The SMILES string of the molecule is CC(CC(CC(=O)OC(N)CC(N)=O)OI)[C@H](C)S. The summed E-state index contributed by atoms with van der Waals surface area (Å²) in [6.45, 7) is 4.02. The minimum absolute atomic E-state index is 0.0836. The van der Waals surface area contributed by atoms with E-state index in [0.29, 0.717) is 12.3 Å². The van der Waals surface area contributed by atoms with Gasteiger partial charge in [-0.25, -0.2) is 0 Å². The zero-order valence-corrected chi connectivity index (χ0v) is 14.1. The fraction of sp³-hybridized carbons (Fsp3) is 0.818. The van der Waals surface area contributed by atoms with Gasteiger partial charge in [0.25, 0.3) is 0 Å². The monoisotopic (exact) mass is 404 g/mol. The van der Waals surface area contributed by atoms with Crippen LogP contribution in [0.3, 0.4) is 0 Å². The molecule has 0 aliphatic carbocycles. The van der Waals surface area contributed by atoms with E-state index in [0.717, 1.165) is 0 Å². The Labute approximate surface area is 133 Å². The molecule has 4 N–H and O–H groups in total. The van der Waals surface area contributed by atoms with Gasteiger partial charge in [-0.2, -0.15) is 12.6 Å². The Bertz CT molecular complexity index is 304. The quantitative estimate of drug-likeness (QED) is 0.232. The molecule has 0 aromatic heterocycles. The first-order valence-corrected chi connectivity index (χ1v) is 7.34. The molecule has 3 unspecified atom stereocenters. The molecule has 112 valence electrons. The molecule has 0 heterocycles. The largest absolute Gasteiger partial charge is 0.446 e. The van der Waals surface area contributed by atoms with Crippen LogP contribution in [0, 0.1) is 5.92 Å². The van der Waals surface area contributed by atoms with Gasteiger partial charge in [0.05, 0.1) is 18.9 Å². The van der Waals surface area contributed by atoms with E-state index in [1.54, 1.807) is 23.0 Å². The van der Waals surface area contributed by atoms with Crippen molar-refractivity contribution < 1.29 is 17.4 Å². The first-order valence-electron chi connectivity index (χ1n) is 5.95. The van der Waals surface area contributed by atoms with Crippen LogP contribution in [-0.2, 0) is 17.4 Å². The van der Waals surface area contributed by atoms with Crippen LogP contribution >= 0.6 is 35.6 Å². The van der Waals surface area contributed by atoms with Gasteiger partial charge in [0.15, 0.2) is 6.23 Å². The number of amides is 1. The molecule has 0 fully saturated rings.